The van der Waals surface area contributed by atoms with Crippen LogP contribution in [-0.2, 0) is 4.79 Å². The highest BCUT2D eigenvalue weighted by Crippen LogP contribution is 2.16. The Morgan fingerprint density at radius 2 is 2.11 bits per heavy atom. The first-order valence-electron chi connectivity index (χ1n) is 5.28. The fourth-order valence-corrected chi connectivity index (χ4v) is 1.48. The van der Waals surface area contributed by atoms with Gasteiger partial charge in [0.25, 0.3) is 5.91 Å². The molecule has 0 bridgehead atoms. The summed E-state index contributed by atoms with van der Waals surface area (Å²) in [6.07, 6.45) is 0. The van der Waals surface area contributed by atoms with Crippen molar-refractivity contribution in [2.24, 2.45) is 21.1 Å². The molecule has 1 unspecified atom stereocenters. The molecule has 7 nitrogen and oxygen atoms in total. The molecular weight excluding hydrogens is 232 g/mol. The fraction of sp³-hybridized carbons (Fsp3) is 0.182. The standard InChI is InChI=1S/C11H12N6O/c1-7-9(10(18)17(16-7)11(12)13)15-14-8-5-3-2-4-6-8/h2-6,9H,1H3,(H3,12,13). The molecule has 0 aromatic heterocycles. The van der Waals surface area contributed by atoms with E-state index in [2.05, 4.69) is 15.3 Å². The molecule has 1 aromatic rings. The number of rotatable bonds is 2. The van der Waals surface area contributed by atoms with Gasteiger partial charge in [-0.1, -0.05) is 18.2 Å². The van der Waals surface area contributed by atoms with Gasteiger partial charge >= 0.3 is 0 Å². The Balaban J connectivity index is 2.17. The summed E-state index contributed by atoms with van der Waals surface area (Å²) in [5.41, 5.74) is 6.35. The van der Waals surface area contributed by atoms with Crippen molar-refractivity contribution in [2.45, 2.75) is 13.0 Å². The average Bonchev–Trinajstić information content (AvgIpc) is 2.64. The summed E-state index contributed by atoms with van der Waals surface area (Å²) < 4.78 is 0. The Bertz CT molecular complexity index is 536. The average molecular weight is 244 g/mol. The Morgan fingerprint density at radius 3 is 2.67 bits per heavy atom. The second-order valence-corrected chi connectivity index (χ2v) is 3.73. The van der Waals surface area contributed by atoms with Gasteiger partial charge in [-0.15, -0.1) is 0 Å². The lowest BCUT2D eigenvalue weighted by Gasteiger charge is -2.08. The summed E-state index contributed by atoms with van der Waals surface area (Å²) in [4.78, 5) is 11.8. The Hall–Kier alpha value is -2.57. The van der Waals surface area contributed by atoms with Crippen molar-refractivity contribution in [1.29, 1.82) is 5.41 Å². The Kier molecular flexibility index (Phi) is 3.13. The number of hydrogen-bond acceptors (Lipinski definition) is 5. The number of carbonyl (C=O) groups is 1. The Labute approximate surface area is 104 Å². The van der Waals surface area contributed by atoms with Gasteiger partial charge in [0.1, 0.15) is 0 Å². The molecule has 1 amide bonds. The lowest BCUT2D eigenvalue weighted by atomic mass is 10.2. The van der Waals surface area contributed by atoms with Crippen LogP contribution in [0.25, 0.3) is 0 Å². The van der Waals surface area contributed by atoms with Gasteiger partial charge in [-0.2, -0.15) is 20.3 Å². The van der Waals surface area contributed by atoms with E-state index in [9.17, 15) is 4.79 Å². The first-order valence-corrected chi connectivity index (χ1v) is 5.28. The molecular formula is C11H12N6O. The predicted octanol–water partition coefficient (Wildman–Crippen LogP) is 1.25. The van der Waals surface area contributed by atoms with Crippen molar-refractivity contribution in [2.75, 3.05) is 0 Å². The summed E-state index contributed by atoms with van der Waals surface area (Å²) in [5.74, 6) is -0.878. The van der Waals surface area contributed by atoms with Gasteiger partial charge in [-0.25, -0.2) is 0 Å². The highest BCUT2D eigenvalue weighted by molar-refractivity contribution is 6.15. The van der Waals surface area contributed by atoms with Crippen LogP contribution in [0, 0.1) is 5.41 Å². The molecule has 0 spiro atoms. The molecule has 92 valence electrons. The number of amides is 1. The predicted molar refractivity (Wildman–Crippen MR) is 66.6 cm³/mol. The first-order chi connectivity index (χ1) is 8.59. The van der Waals surface area contributed by atoms with Gasteiger partial charge in [0.2, 0.25) is 5.96 Å². The van der Waals surface area contributed by atoms with Crippen molar-refractivity contribution >= 4 is 23.3 Å². The number of hydrazone groups is 1. The Morgan fingerprint density at radius 1 is 1.44 bits per heavy atom. The number of azo groups is 1. The van der Waals surface area contributed by atoms with Crippen molar-refractivity contribution in [3.8, 4) is 0 Å². The van der Waals surface area contributed by atoms with Crippen molar-refractivity contribution in [3.05, 3.63) is 30.3 Å². The smallest absolute Gasteiger partial charge is 0.282 e. The van der Waals surface area contributed by atoms with E-state index in [-0.39, 0.29) is 0 Å². The number of nitrogens with two attached hydrogens (primary N) is 1. The molecule has 3 N–H and O–H groups in total. The second-order valence-electron chi connectivity index (χ2n) is 3.73. The lowest BCUT2D eigenvalue weighted by molar-refractivity contribution is -0.126. The van der Waals surface area contributed by atoms with E-state index in [4.69, 9.17) is 11.1 Å². The highest BCUT2D eigenvalue weighted by Gasteiger charge is 2.35. The van der Waals surface area contributed by atoms with E-state index in [1.54, 1.807) is 19.1 Å². The van der Waals surface area contributed by atoms with Crippen molar-refractivity contribution < 1.29 is 4.79 Å². The number of nitrogens with one attached hydrogen (secondary N) is 1. The minimum atomic E-state index is -0.797. The molecule has 1 atom stereocenters. The SMILES string of the molecule is CC1=NN(C(=N)N)C(=O)C1N=Nc1ccccc1. The van der Waals surface area contributed by atoms with Gasteiger partial charge in [-0.3, -0.25) is 10.2 Å². The highest BCUT2D eigenvalue weighted by atomic mass is 16.2. The van der Waals surface area contributed by atoms with Gasteiger partial charge in [-0.05, 0) is 19.1 Å². The molecule has 0 radical (unpaired) electrons. The molecule has 7 heteroatoms. The van der Waals surface area contributed by atoms with Gasteiger partial charge < -0.3 is 5.73 Å². The molecule has 0 saturated heterocycles. The monoisotopic (exact) mass is 244 g/mol. The molecule has 1 aliphatic heterocycles. The topological polar surface area (TPSA) is 107 Å². The lowest BCUT2D eigenvalue weighted by Crippen LogP contribution is -2.38. The quantitative estimate of drug-likeness (QED) is 0.464. The van der Waals surface area contributed by atoms with Gasteiger partial charge in [0.15, 0.2) is 6.04 Å². The molecule has 2 rings (SSSR count). The zero-order chi connectivity index (χ0) is 13.1. The maximum atomic E-state index is 11.8. The molecule has 0 aliphatic carbocycles. The van der Waals surface area contributed by atoms with Crippen LogP contribution < -0.4 is 5.73 Å². The minimum Gasteiger partial charge on any atom is -0.368 e. The maximum Gasteiger partial charge on any atom is 0.282 e. The summed E-state index contributed by atoms with van der Waals surface area (Å²) >= 11 is 0. The molecule has 0 saturated carbocycles. The van der Waals surface area contributed by atoms with Crippen LogP contribution in [0.2, 0.25) is 0 Å². The molecule has 1 aliphatic rings. The first kappa shape index (κ1) is 11.9. The summed E-state index contributed by atoms with van der Waals surface area (Å²) in [6.45, 7) is 1.65. The fourth-order valence-electron chi connectivity index (χ4n) is 1.48. The maximum absolute atomic E-state index is 11.8. The van der Waals surface area contributed by atoms with E-state index >= 15 is 0 Å². The number of carbonyl (C=O) groups excluding carboxylic acids is 1. The van der Waals surface area contributed by atoms with Crippen LogP contribution in [0.4, 0.5) is 5.69 Å². The van der Waals surface area contributed by atoms with E-state index in [1.807, 2.05) is 18.2 Å². The zero-order valence-electron chi connectivity index (χ0n) is 9.74. The number of guanidine groups is 1. The summed E-state index contributed by atoms with van der Waals surface area (Å²) in [6, 6.07) is 8.27. The third-order valence-corrected chi connectivity index (χ3v) is 2.37. The number of benzene rings is 1. The third kappa shape index (κ3) is 2.24. The van der Waals surface area contributed by atoms with Crippen LogP contribution in [-0.4, -0.2) is 28.6 Å². The molecule has 1 heterocycles. The van der Waals surface area contributed by atoms with Crippen LogP contribution in [0.5, 0.6) is 0 Å². The summed E-state index contributed by atoms with van der Waals surface area (Å²) in [7, 11) is 0. The van der Waals surface area contributed by atoms with Crippen LogP contribution in [0.1, 0.15) is 6.92 Å². The largest absolute Gasteiger partial charge is 0.368 e. The van der Waals surface area contributed by atoms with Crippen molar-refractivity contribution in [3.63, 3.8) is 0 Å². The third-order valence-electron chi connectivity index (χ3n) is 2.37. The minimum absolute atomic E-state index is 0.420. The molecule has 18 heavy (non-hydrogen) atoms. The van der Waals surface area contributed by atoms with Crippen LogP contribution >= 0.6 is 0 Å². The summed E-state index contributed by atoms with van der Waals surface area (Å²) in [5, 5.41) is 19.8. The van der Waals surface area contributed by atoms with E-state index in [1.165, 1.54) is 0 Å². The second kappa shape index (κ2) is 4.74. The normalized spacial score (nSPS) is 19.4. The van der Waals surface area contributed by atoms with Gasteiger partial charge in [0.05, 0.1) is 11.4 Å². The van der Waals surface area contributed by atoms with E-state index < -0.39 is 17.9 Å². The molecule has 1 aromatic carbocycles. The zero-order valence-corrected chi connectivity index (χ0v) is 9.74. The number of hydrogen-bond donors (Lipinski definition) is 2. The van der Waals surface area contributed by atoms with Crippen LogP contribution in [0.3, 0.4) is 0 Å². The number of nitrogens with zero attached hydrogens (tertiary/aromatic N) is 4. The van der Waals surface area contributed by atoms with E-state index in [0.717, 1.165) is 5.01 Å². The van der Waals surface area contributed by atoms with Crippen molar-refractivity contribution in [1.82, 2.24) is 5.01 Å². The van der Waals surface area contributed by atoms with Crippen LogP contribution in [0.15, 0.2) is 45.7 Å². The van der Waals surface area contributed by atoms with E-state index in [0.29, 0.717) is 11.4 Å². The van der Waals surface area contributed by atoms with Gasteiger partial charge in [0, 0.05) is 0 Å². The molecule has 0 fully saturated rings.